The molecule has 2 aromatic rings. The summed E-state index contributed by atoms with van der Waals surface area (Å²) in [5.74, 6) is 1.70. The Morgan fingerprint density at radius 2 is 2.25 bits per heavy atom. The van der Waals surface area contributed by atoms with Crippen molar-refractivity contribution >= 4 is 17.3 Å². The highest BCUT2D eigenvalue weighted by atomic mass is 32.1. The third-order valence-corrected chi connectivity index (χ3v) is 3.96. The van der Waals surface area contributed by atoms with Crippen molar-refractivity contribution in [3.05, 3.63) is 39.4 Å². The number of hydrogen-bond donors (Lipinski definition) is 2. The minimum absolute atomic E-state index is 0.794. The van der Waals surface area contributed by atoms with Crippen LogP contribution in [0.15, 0.2) is 27.0 Å². The summed E-state index contributed by atoms with van der Waals surface area (Å²) in [6, 6.07) is 4.16. The van der Waals surface area contributed by atoms with Crippen LogP contribution in [-0.2, 0) is 13.0 Å². The molecule has 0 atom stereocenters. The van der Waals surface area contributed by atoms with Crippen LogP contribution in [0.25, 0.3) is 0 Å². The number of hydrogen-bond acceptors (Lipinski definition) is 4. The van der Waals surface area contributed by atoms with Crippen molar-refractivity contribution in [2.45, 2.75) is 26.8 Å². The number of aromatic nitrogens is 1. The SMILES string of the molecule is CN=C(NCCc1c(C)noc1C)NCc1cccs1. The third-order valence-electron chi connectivity index (χ3n) is 3.08. The Morgan fingerprint density at radius 3 is 2.85 bits per heavy atom. The number of thiophene rings is 1. The first kappa shape index (κ1) is 14.6. The topological polar surface area (TPSA) is 62.5 Å². The molecule has 0 unspecified atom stereocenters. The van der Waals surface area contributed by atoms with E-state index in [2.05, 4.69) is 38.3 Å². The fourth-order valence-electron chi connectivity index (χ4n) is 1.97. The van der Waals surface area contributed by atoms with Crippen LogP contribution in [0.5, 0.6) is 0 Å². The third kappa shape index (κ3) is 3.84. The van der Waals surface area contributed by atoms with Gasteiger partial charge in [-0.2, -0.15) is 0 Å². The maximum atomic E-state index is 5.15. The van der Waals surface area contributed by atoms with Gasteiger partial charge in [0, 0.05) is 24.0 Å². The van der Waals surface area contributed by atoms with E-state index >= 15 is 0 Å². The molecule has 2 N–H and O–H groups in total. The van der Waals surface area contributed by atoms with E-state index in [4.69, 9.17) is 4.52 Å². The van der Waals surface area contributed by atoms with Crippen LogP contribution in [0, 0.1) is 13.8 Å². The van der Waals surface area contributed by atoms with Gasteiger partial charge in [0.25, 0.3) is 0 Å². The predicted molar refractivity (Wildman–Crippen MR) is 82.2 cm³/mol. The molecule has 0 saturated carbocycles. The van der Waals surface area contributed by atoms with Crippen molar-refractivity contribution in [3.63, 3.8) is 0 Å². The quantitative estimate of drug-likeness (QED) is 0.655. The maximum Gasteiger partial charge on any atom is 0.191 e. The summed E-state index contributed by atoms with van der Waals surface area (Å²) in [7, 11) is 1.78. The van der Waals surface area contributed by atoms with E-state index in [1.165, 1.54) is 10.4 Å². The van der Waals surface area contributed by atoms with Crippen LogP contribution >= 0.6 is 11.3 Å². The molecule has 2 heterocycles. The molecule has 108 valence electrons. The standard InChI is InChI=1S/C14H20N4OS/c1-10-13(11(2)19-18-10)6-7-16-14(15-3)17-9-12-5-4-8-20-12/h4-5,8H,6-7,9H2,1-3H3,(H2,15,16,17). The van der Waals surface area contributed by atoms with E-state index in [-0.39, 0.29) is 0 Å². The smallest absolute Gasteiger partial charge is 0.191 e. The number of nitrogens with one attached hydrogen (secondary N) is 2. The zero-order valence-corrected chi connectivity index (χ0v) is 12.9. The van der Waals surface area contributed by atoms with Gasteiger partial charge in [0.15, 0.2) is 5.96 Å². The Bertz CT molecular complexity index is 540. The molecule has 2 aromatic heterocycles. The zero-order valence-electron chi connectivity index (χ0n) is 12.1. The van der Waals surface area contributed by atoms with Gasteiger partial charge in [-0.3, -0.25) is 4.99 Å². The monoisotopic (exact) mass is 292 g/mol. The summed E-state index contributed by atoms with van der Waals surface area (Å²) in [5.41, 5.74) is 2.14. The molecular formula is C14H20N4OS. The molecule has 5 nitrogen and oxygen atoms in total. The lowest BCUT2D eigenvalue weighted by Crippen LogP contribution is -2.37. The first-order valence-electron chi connectivity index (χ1n) is 6.59. The van der Waals surface area contributed by atoms with Gasteiger partial charge in [-0.25, -0.2) is 0 Å². The van der Waals surface area contributed by atoms with E-state index in [1.807, 2.05) is 13.8 Å². The predicted octanol–water partition coefficient (Wildman–Crippen LogP) is 2.26. The van der Waals surface area contributed by atoms with Gasteiger partial charge in [0.1, 0.15) is 5.76 Å². The lowest BCUT2D eigenvalue weighted by molar-refractivity contribution is 0.392. The summed E-state index contributed by atoms with van der Waals surface area (Å²) in [4.78, 5) is 5.50. The van der Waals surface area contributed by atoms with Crippen molar-refractivity contribution in [1.29, 1.82) is 0 Å². The molecule has 0 bridgehead atoms. The summed E-state index contributed by atoms with van der Waals surface area (Å²) < 4.78 is 5.15. The molecule has 0 aliphatic heterocycles. The molecule has 20 heavy (non-hydrogen) atoms. The Kier molecular flexibility index (Phi) is 5.17. The number of rotatable bonds is 5. The molecule has 6 heteroatoms. The fourth-order valence-corrected chi connectivity index (χ4v) is 2.61. The fraction of sp³-hybridized carbons (Fsp3) is 0.429. The average molecular weight is 292 g/mol. The molecule has 0 radical (unpaired) electrons. The summed E-state index contributed by atoms with van der Waals surface area (Å²) in [6.07, 6.45) is 0.876. The first-order chi connectivity index (χ1) is 9.70. The van der Waals surface area contributed by atoms with Crippen molar-refractivity contribution < 1.29 is 4.52 Å². The lowest BCUT2D eigenvalue weighted by atomic mass is 10.1. The molecule has 0 aliphatic carbocycles. The normalized spacial score (nSPS) is 11.7. The Labute approximate surface area is 123 Å². The van der Waals surface area contributed by atoms with Crippen molar-refractivity contribution in [1.82, 2.24) is 15.8 Å². The van der Waals surface area contributed by atoms with Crippen LogP contribution in [0.2, 0.25) is 0 Å². The molecule has 0 aromatic carbocycles. The number of nitrogens with zero attached hydrogens (tertiary/aromatic N) is 2. The number of aliphatic imine (C=N–C) groups is 1. The van der Waals surface area contributed by atoms with Gasteiger partial charge in [-0.05, 0) is 31.7 Å². The summed E-state index contributed by atoms with van der Waals surface area (Å²) >= 11 is 1.74. The van der Waals surface area contributed by atoms with Gasteiger partial charge in [-0.15, -0.1) is 11.3 Å². The van der Waals surface area contributed by atoms with Gasteiger partial charge in [-0.1, -0.05) is 11.2 Å². The van der Waals surface area contributed by atoms with Crippen LogP contribution in [0.3, 0.4) is 0 Å². The number of guanidine groups is 1. The second kappa shape index (κ2) is 7.09. The highest BCUT2D eigenvalue weighted by molar-refractivity contribution is 7.09. The first-order valence-corrected chi connectivity index (χ1v) is 7.47. The second-order valence-corrected chi connectivity index (χ2v) is 5.52. The van der Waals surface area contributed by atoms with Crippen LogP contribution in [0.4, 0.5) is 0 Å². The van der Waals surface area contributed by atoms with Crippen LogP contribution in [0.1, 0.15) is 21.9 Å². The summed E-state index contributed by atoms with van der Waals surface area (Å²) in [6.45, 7) is 5.50. The van der Waals surface area contributed by atoms with Crippen molar-refractivity contribution in [2.75, 3.05) is 13.6 Å². The molecule has 0 spiro atoms. The van der Waals surface area contributed by atoms with Gasteiger partial charge < -0.3 is 15.2 Å². The van der Waals surface area contributed by atoms with Gasteiger partial charge in [0.05, 0.1) is 12.2 Å². The molecule has 0 fully saturated rings. The molecule has 2 rings (SSSR count). The second-order valence-electron chi connectivity index (χ2n) is 4.48. The molecule has 0 amide bonds. The molecule has 0 saturated heterocycles. The minimum atomic E-state index is 0.794. The molecule has 0 aliphatic rings. The zero-order chi connectivity index (χ0) is 14.4. The highest BCUT2D eigenvalue weighted by Gasteiger charge is 2.08. The van der Waals surface area contributed by atoms with E-state index in [1.54, 1.807) is 18.4 Å². The Balaban J connectivity index is 1.77. The van der Waals surface area contributed by atoms with Crippen molar-refractivity contribution in [2.24, 2.45) is 4.99 Å². The van der Waals surface area contributed by atoms with E-state index in [0.29, 0.717) is 0 Å². The highest BCUT2D eigenvalue weighted by Crippen LogP contribution is 2.12. The van der Waals surface area contributed by atoms with Crippen LogP contribution in [-0.4, -0.2) is 24.7 Å². The average Bonchev–Trinajstić information content (AvgIpc) is 3.06. The maximum absolute atomic E-state index is 5.15. The largest absolute Gasteiger partial charge is 0.361 e. The lowest BCUT2D eigenvalue weighted by Gasteiger charge is -2.11. The van der Waals surface area contributed by atoms with E-state index in [9.17, 15) is 0 Å². The minimum Gasteiger partial charge on any atom is -0.361 e. The summed E-state index contributed by atoms with van der Waals surface area (Å²) in [5, 5.41) is 12.6. The Hall–Kier alpha value is -1.82. The Morgan fingerprint density at radius 1 is 1.40 bits per heavy atom. The number of aryl methyl sites for hydroxylation is 2. The van der Waals surface area contributed by atoms with E-state index < -0.39 is 0 Å². The molecular weight excluding hydrogens is 272 g/mol. The van der Waals surface area contributed by atoms with E-state index in [0.717, 1.165) is 36.9 Å². The van der Waals surface area contributed by atoms with Gasteiger partial charge in [0.2, 0.25) is 0 Å². The van der Waals surface area contributed by atoms with Crippen LogP contribution < -0.4 is 10.6 Å². The van der Waals surface area contributed by atoms with Gasteiger partial charge >= 0.3 is 0 Å². The van der Waals surface area contributed by atoms with Crippen molar-refractivity contribution in [3.8, 4) is 0 Å².